The number of nitrogens with zero attached hydrogens (tertiary/aromatic N) is 6. The Kier molecular flexibility index (Phi) is 15.7. The number of amides is 2. The Morgan fingerprint density at radius 2 is 1.90 bits per heavy atom. The predicted molar refractivity (Wildman–Crippen MR) is 152 cm³/mol. The van der Waals surface area contributed by atoms with Gasteiger partial charge in [0.15, 0.2) is 0 Å². The predicted octanol–water partition coefficient (Wildman–Crippen LogP) is 5.77. The minimum Gasteiger partial charge on any atom is -0.346 e. The van der Waals surface area contributed by atoms with Crippen LogP contribution in [0.25, 0.3) is 22.3 Å². The van der Waals surface area contributed by atoms with Gasteiger partial charge in [-0.15, -0.1) is 0 Å². The number of nitriles is 1. The fourth-order valence-electron chi connectivity index (χ4n) is 3.59. The fraction of sp³-hybridized carbons (Fsp3) is 0.519. The Morgan fingerprint density at radius 1 is 1.25 bits per heavy atom. The number of rotatable bonds is 3. The number of aromatic nitrogens is 5. The van der Waals surface area contributed by atoms with Crippen molar-refractivity contribution in [2.45, 2.75) is 53.1 Å². The molecule has 3 aromatic heterocycles. The lowest BCUT2D eigenvalue weighted by Gasteiger charge is -2.31. The normalized spacial score (nSPS) is 13.7. The fourth-order valence-corrected chi connectivity index (χ4v) is 3.59. The van der Waals surface area contributed by atoms with Gasteiger partial charge in [0, 0.05) is 64.9 Å². The van der Waals surface area contributed by atoms with Crippen LogP contribution in [0.2, 0.25) is 0 Å². The molecule has 1 saturated heterocycles. The van der Waals surface area contributed by atoms with Crippen LogP contribution in [0.4, 0.5) is 18.0 Å². The third kappa shape index (κ3) is 11.9. The molecule has 1 aliphatic carbocycles. The van der Waals surface area contributed by atoms with E-state index in [0.717, 1.165) is 29.3 Å². The van der Waals surface area contributed by atoms with E-state index in [2.05, 4.69) is 43.5 Å². The Labute approximate surface area is 235 Å². The molecule has 40 heavy (non-hydrogen) atoms. The number of carbonyl (C=O) groups is 1. The van der Waals surface area contributed by atoms with Crippen LogP contribution in [-0.4, -0.2) is 86.9 Å². The molecular formula is C27H42F3N9O. The van der Waals surface area contributed by atoms with Gasteiger partial charge in [0.1, 0.15) is 18.5 Å². The highest BCUT2D eigenvalue weighted by Gasteiger charge is 2.32. The standard InChI is InChI=1S/C9H7N5.C8H14F3N3O.C6H10.C2H3N.C2H6.H2/c1-2-10-9-7(1)8(11-5-12-9)6-3-13-14-4-6;1-13(6-8(9,10)11)7(15)14-4-2-12-3-5-14;1-2-6-4-3-5-6;1-2-3;1-2;/h1-5H,(H,13,14)(H,10,11,12);12H,2-6H2,1H3;4H,2-3,5H2,1H3;1H3;1-2H3;1H. The summed E-state index contributed by atoms with van der Waals surface area (Å²) in [6, 6.07) is 3.14. The van der Waals surface area contributed by atoms with Gasteiger partial charge in [0.2, 0.25) is 0 Å². The number of halogens is 3. The van der Waals surface area contributed by atoms with E-state index in [1.165, 1.54) is 31.1 Å². The van der Waals surface area contributed by atoms with Crippen LogP contribution in [-0.2, 0) is 0 Å². The maximum atomic E-state index is 12.0. The summed E-state index contributed by atoms with van der Waals surface area (Å²) in [6.07, 6.45) is 8.92. The highest BCUT2D eigenvalue weighted by molar-refractivity contribution is 5.89. The van der Waals surface area contributed by atoms with Crippen LogP contribution >= 0.6 is 0 Å². The molecule has 0 saturated carbocycles. The molecule has 0 unspecified atom stereocenters. The van der Waals surface area contributed by atoms with E-state index in [0.29, 0.717) is 31.1 Å². The first-order valence-corrected chi connectivity index (χ1v) is 13.2. The Hall–Kier alpha value is -3.92. The number of allylic oxidation sites excluding steroid dienone is 2. The summed E-state index contributed by atoms with van der Waals surface area (Å²) < 4.78 is 36.0. The zero-order valence-corrected chi connectivity index (χ0v) is 23.8. The van der Waals surface area contributed by atoms with Gasteiger partial charge in [-0.05, 0) is 25.3 Å². The van der Waals surface area contributed by atoms with Crippen LogP contribution in [0, 0.1) is 11.3 Å². The number of hydrogen-bond acceptors (Lipinski definition) is 6. The molecule has 0 atom stereocenters. The van der Waals surface area contributed by atoms with Gasteiger partial charge >= 0.3 is 12.2 Å². The van der Waals surface area contributed by atoms with E-state index in [9.17, 15) is 18.0 Å². The molecule has 1 aliphatic heterocycles. The summed E-state index contributed by atoms with van der Waals surface area (Å²) in [5, 5.41) is 18.0. The molecule has 0 bridgehead atoms. The molecule has 0 aromatic carbocycles. The number of piperazine rings is 1. The molecule has 0 radical (unpaired) electrons. The van der Waals surface area contributed by atoms with Gasteiger partial charge in [-0.1, -0.05) is 32.4 Å². The molecule has 1 fully saturated rings. The van der Waals surface area contributed by atoms with E-state index in [-0.39, 0.29) is 1.43 Å². The van der Waals surface area contributed by atoms with E-state index in [1.54, 1.807) is 24.2 Å². The number of fused-ring (bicyclic) bond motifs is 1. The number of nitrogens with one attached hydrogen (secondary N) is 3. The average Bonchev–Trinajstić information content (AvgIpc) is 3.62. The van der Waals surface area contributed by atoms with Crippen molar-refractivity contribution in [2.75, 3.05) is 39.8 Å². The van der Waals surface area contributed by atoms with E-state index < -0.39 is 18.8 Å². The minimum absolute atomic E-state index is 0. The van der Waals surface area contributed by atoms with Gasteiger partial charge in [0.25, 0.3) is 0 Å². The quantitative estimate of drug-likeness (QED) is 0.346. The maximum absolute atomic E-state index is 12.0. The number of aromatic amines is 2. The molecule has 13 heteroatoms. The number of H-pyrrole nitrogens is 2. The van der Waals surface area contributed by atoms with Crippen LogP contribution in [0.1, 0.15) is 48.4 Å². The number of carbonyl (C=O) groups excluding carboxylic acids is 1. The highest BCUT2D eigenvalue weighted by atomic mass is 19.4. The van der Waals surface area contributed by atoms with Gasteiger partial charge in [0.05, 0.1) is 18.0 Å². The molecule has 2 aliphatic rings. The lowest BCUT2D eigenvalue weighted by atomic mass is 9.97. The minimum atomic E-state index is -4.33. The van der Waals surface area contributed by atoms with Gasteiger partial charge in [-0.2, -0.15) is 23.5 Å². The van der Waals surface area contributed by atoms with Gasteiger partial charge < -0.3 is 20.1 Å². The van der Waals surface area contributed by atoms with Crippen molar-refractivity contribution in [1.82, 2.24) is 40.3 Å². The summed E-state index contributed by atoms with van der Waals surface area (Å²) in [4.78, 5) is 25.0. The third-order valence-corrected chi connectivity index (χ3v) is 5.61. The van der Waals surface area contributed by atoms with Gasteiger partial charge in [-0.3, -0.25) is 5.10 Å². The van der Waals surface area contributed by atoms with Crippen molar-refractivity contribution in [3.63, 3.8) is 0 Å². The molecule has 222 valence electrons. The van der Waals surface area contributed by atoms with Gasteiger partial charge in [-0.25, -0.2) is 14.8 Å². The van der Waals surface area contributed by atoms with E-state index in [4.69, 9.17) is 5.26 Å². The molecule has 5 rings (SSSR count). The lowest BCUT2D eigenvalue weighted by Crippen LogP contribution is -2.52. The van der Waals surface area contributed by atoms with E-state index >= 15 is 0 Å². The maximum Gasteiger partial charge on any atom is 0.406 e. The summed E-state index contributed by atoms with van der Waals surface area (Å²) in [5.41, 5.74) is 4.35. The van der Waals surface area contributed by atoms with Crippen LogP contribution in [0.15, 0.2) is 42.6 Å². The molecular weight excluding hydrogens is 523 g/mol. The molecule has 10 nitrogen and oxygen atoms in total. The Balaban J connectivity index is 0.000000568. The molecule has 4 heterocycles. The second-order valence-electron chi connectivity index (χ2n) is 8.42. The van der Waals surface area contributed by atoms with Crippen molar-refractivity contribution in [3.05, 3.63) is 42.6 Å². The molecule has 0 spiro atoms. The summed E-state index contributed by atoms with van der Waals surface area (Å²) >= 11 is 0. The molecule has 3 aromatic rings. The number of hydrogen-bond donors (Lipinski definition) is 3. The third-order valence-electron chi connectivity index (χ3n) is 5.61. The number of urea groups is 1. The summed E-state index contributed by atoms with van der Waals surface area (Å²) in [7, 11) is 1.16. The molecule has 3 N–H and O–H groups in total. The highest BCUT2D eigenvalue weighted by Crippen LogP contribution is 2.23. The molecule has 2 amide bonds. The first kappa shape index (κ1) is 34.1. The largest absolute Gasteiger partial charge is 0.406 e. The number of alkyl halides is 3. The topological polar surface area (TPSA) is 130 Å². The SMILES string of the molecule is CC.CC#N.CCC1=CCC1.CN(CC(F)(F)F)C(=O)N1CCNCC1.[HH].c1nc(-c2cn[nH]c2)c2cc[nH]c2n1. The Morgan fingerprint density at radius 3 is 2.38 bits per heavy atom. The summed E-state index contributed by atoms with van der Waals surface area (Å²) in [5.74, 6) is 0. The second-order valence-corrected chi connectivity index (χ2v) is 8.42. The van der Waals surface area contributed by atoms with Crippen molar-refractivity contribution < 1.29 is 19.4 Å². The van der Waals surface area contributed by atoms with Crippen LogP contribution in [0.3, 0.4) is 0 Å². The van der Waals surface area contributed by atoms with Crippen molar-refractivity contribution >= 4 is 17.1 Å². The monoisotopic (exact) mass is 565 g/mol. The van der Waals surface area contributed by atoms with Crippen molar-refractivity contribution in [3.8, 4) is 17.3 Å². The first-order valence-electron chi connectivity index (χ1n) is 13.2. The van der Waals surface area contributed by atoms with Crippen molar-refractivity contribution in [2.24, 2.45) is 0 Å². The van der Waals surface area contributed by atoms with Crippen LogP contribution < -0.4 is 5.32 Å². The Bertz CT molecular complexity index is 1180. The summed E-state index contributed by atoms with van der Waals surface area (Å²) in [6.45, 7) is 8.63. The smallest absolute Gasteiger partial charge is 0.346 e. The second kappa shape index (κ2) is 18.4. The van der Waals surface area contributed by atoms with Crippen molar-refractivity contribution in [1.29, 1.82) is 5.26 Å². The first-order chi connectivity index (χ1) is 19.2. The zero-order chi connectivity index (χ0) is 30.0. The zero-order valence-electron chi connectivity index (χ0n) is 23.8. The average molecular weight is 566 g/mol. The van der Waals surface area contributed by atoms with Crippen LogP contribution in [0.5, 0.6) is 0 Å². The lowest BCUT2D eigenvalue weighted by molar-refractivity contribution is -0.138. The van der Waals surface area contributed by atoms with E-state index in [1.807, 2.05) is 32.3 Å².